The summed E-state index contributed by atoms with van der Waals surface area (Å²) in [4.78, 5) is 4.63. The molecule has 0 atom stereocenters. The summed E-state index contributed by atoms with van der Waals surface area (Å²) < 4.78 is 0. The first-order valence-electron chi connectivity index (χ1n) is 6.37. The van der Waals surface area contributed by atoms with Crippen molar-refractivity contribution in [1.29, 1.82) is 0 Å². The van der Waals surface area contributed by atoms with E-state index in [2.05, 4.69) is 38.7 Å². The van der Waals surface area contributed by atoms with Crippen molar-refractivity contribution in [2.24, 2.45) is 0 Å². The molecule has 0 saturated carbocycles. The van der Waals surface area contributed by atoms with Crippen LogP contribution in [0.15, 0.2) is 42.6 Å². The molecular weight excluding hydrogens is 236 g/mol. The summed E-state index contributed by atoms with van der Waals surface area (Å²) in [6.07, 6.45) is 1.86. The fraction of sp³-hybridized carbons (Fsp3) is 0.200. The van der Waals surface area contributed by atoms with Gasteiger partial charge < -0.3 is 5.32 Å². The third-order valence-electron chi connectivity index (χ3n) is 3.21. The summed E-state index contributed by atoms with van der Waals surface area (Å²) in [5.41, 5.74) is 4.40. The number of nitrogens with zero attached hydrogens (tertiary/aromatic N) is 2. The van der Waals surface area contributed by atoms with Crippen LogP contribution in [0.1, 0.15) is 17.0 Å². The van der Waals surface area contributed by atoms with Crippen LogP contribution in [0.5, 0.6) is 0 Å². The monoisotopic (exact) mass is 252 g/mol. The molecule has 0 fully saturated rings. The standard InChI is InChI=1S/C15H16N4/c1-11-13(9-17-19-11)8-16-10-14-7-6-12-4-2-3-5-15(12)18-14/h2-7,9,16H,8,10H2,1H3,(H,17,19). The molecule has 0 unspecified atom stereocenters. The lowest BCUT2D eigenvalue weighted by molar-refractivity contribution is 0.679. The van der Waals surface area contributed by atoms with E-state index in [0.29, 0.717) is 0 Å². The number of para-hydroxylation sites is 1. The zero-order valence-corrected chi connectivity index (χ0v) is 10.9. The molecule has 1 aromatic carbocycles. The van der Waals surface area contributed by atoms with Crippen LogP contribution in [0.25, 0.3) is 10.9 Å². The summed E-state index contributed by atoms with van der Waals surface area (Å²) in [6, 6.07) is 12.3. The van der Waals surface area contributed by atoms with E-state index in [1.54, 1.807) is 0 Å². The Morgan fingerprint density at radius 1 is 1.11 bits per heavy atom. The highest BCUT2D eigenvalue weighted by Gasteiger charge is 2.01. The number of aromatic nitrogens is 3. The van der Waals surface area contributed by atoms with E-state index < -0.39 is 0 Å². The molecule has 0 amide bonds. The Kier molecular flexibility index (Phi) is 3.25. The summed E-state index contributed by atoms with van der Waals surface area (Å²) in [7, 11) is 0. The molecule has 2 aromatic heterocycles. The van der Waals surface area contributed by atoms with Crippen LogP contribution in [-0.4, -0.2) is 15.2 Å². The van der Waals surface area contributed by atoms with E-state index in [9.17, 15) is 0 Å². The summed E-state index contributed by atoms with van der Waals surface area (Å²) >= 11 is 0. The van der Waals surface area contributed by atoms with Crippen LogP contribution in [-0.2, 0) is 13.1 Å². The SMILES string of the molecule is Cc1[nH]ncc1CNCc1ccc2ccccc2n1. The Morgan fingerprint density at radius 2 is 2.00 bits per heavy atom. The van der Waals surface area contributed by atoms with Crippen LogP contribution in [0.3, 0.4) is 0 Å². The van der Waals surface area contributed by atoms with Gasteiger partial charge in [0.05, 0.1) is 17.4 Å². The van der Waals surface area contributed by atoms with Crippen molar-refractivity contribution in [2.75, 3.05) is 0 Å². The van der Waals surface area contributed by atoms with E-state index in [0.717, 1.165) is 30.0 Å². The number of benzene rings is 1. The lowest BCUT2D eigenvalue weighted by atomic mass is 10.2. The van der Waals surface area contributed by atoms with Gasteiger partial charge in [-0.05, 0) is 19.1 Å². The van der Waals surface area contributed by atoms with Crippen molar-refractivity contribution in [3.8, 4) is 0 Å². The molecule has 3 rings (SSSR count). The molecule has 0 bridgehead atoms. The molecular formula is C15H16N4. The molecule has 4 heteroatoms. The molecule has 19 heavy (non-hydrogen) atoms. The molecule has 0 aliphatic rings. The highest BCUT2D eigenvalue weighted by atomic mass is 15.1. The Morgan fingerprint density at radius 3 is 2.84 bits per heavy atom. The van der Waals surface area contributed by atoms with E-state index in [1.165, 1.54) is 10.9 Å². The maximum atomic E-state index is 4.63. The normalized spacial score (nSPS) is 11.0. The number of aryl methyl sites for hydroxylation is 1. The van der Waals surface area contributed by atoms with Gasteiger partial charge in [0, 0.05) is 29.7 Å². The number of rotatable bonds is 4. The Labute approximate surface area is 111 Å². The number of hydrogen-bond acceptors (Lipinski definition) is 3. The van der Waals surface area contributed by atoms with Crippen molar-refractivity contribution in [2.45, 2.75) is 20.0 Å². The molecule has 0 spiro atoms. The van der Waals surface area contributed by atoms with Gasteiger partial charge >= 0.3 is 0 Å². The quantitative estimate of drug-likeness (QED) is 0.750. The van der Waals surface area contributed by atoms with Crippen LogP contribution < -0.4 is 5.32 Å². The smallest absolute Gasteiger partial charge is 0.0705 e. The number of fused-ring (bicyclic) bond motifs is 1. The highest BCUT2D eigenvalue weighted by Crippen LogP contribution is 2.11. The van der Waals surface area contributed by atoms with Crippen molar-refractivity contribution in [3.05, 3.63) is 59.5 Å². The summed E-state index contributed by atoms with van der Waals surface area (Å²) in [5.74, 6) is 0. The van der Waals surface area contributed by atoms with Crippen molar-refractivity contribution in [3.63, 3.8) is 0 Å². The average Bonchev–Trinajstić information content (AvgIpc) is 2.84. The first-order chi connectivity index (χ1) is 9.33. The van der Waals surface area contributed by atoms with E-state index >= 15 is 0 Å². The molecule has 0 radical (unpaired) electrons. The summed E-state index contributed by atoms with van der Waals surface area (Å²) in [6.45, 7) is 3.59. The number of aromatic amines is 1. The minimum atomic E-state index is 0.759. The lowest BCUT2D eigenvalue weighted by Gasteiger charge is -2.05. The van der Waals surface area contributed by atoms with Gasteiger partial charge in [-0.15, -0.1) is 0 Å². The second kappa shape index (κ2) is 5.20. The number of nitrogens with one attached hydrogen (secondary N) is 2. The first-order valence-corrected chi connectivity index (χ1v) is 6.37. The molecule has 2 heterocycles. The molecule has 3 aromatic rings. The number of hydrogen-bond donors (Lipinski definition) is 2. The van der Waals surface area contributed by atoms with Gasteiger partial charge in [0.25, 0.3) is 0 Å². The zero-order valence-electron chi connectivity index (χ0n) is 10.9. The van der Waals surface area contributed by atoms with Gasteiger partial charge in [0.2, 0.25) is 0 Å². The second-order valence-electron chi connectivity index (χ2n) is 4.62. The fourth-order valence-electron chi connectivity index (χ4n) is 2.09. The van der Waals surface area contributed by atoms with Gasteiger partial charge in [-0.3, -0.25) is 10.1 Å². The first kappa shape index (κ1) is 11.9. The van der Waals surface area contributed by atoms with Crippen LogP contribution in [0, 0.1) is 6.92 Å². The van der Waals surface area contributed by atoms with Crippen molar-refractivity contribution >= 4 is 10.9 Å². The van der Waals surface area contributed by atoms with E-state index in [-0.39, 0.29) is 0 Å². The van der Waals surface area contributed by atoms with E-state index in [1.807, 2.05) is 31.3 Å². The van der Waals surface area contributed by atoms with Gasteiger partial charge in [0.1, 0.15) is 0 Å². The molecule has 4 nitrogen and oxygen atoms in total. The highest BCUT2D eigenvalue weighted by molar-refractivity contribution is 5.78. The van der Waals surface area contributed by atoms with Crippen LogP contribution in [0.4, 0.5) is 0 Å². The molecule has 2 N–H and O–H groups in total. The van der Waals surface area contributed by atoms with Crippen LogP contribution in [0.2, 0.25) is 0 Å². The molecule has 96 valence electrons. The maximum Gasteiger partial charge on any atom is 0.0705 e. The molecule has 0 aliphatic heterocycles. The Hall–Kier alpha value is -2.20. The maximum absolute atomic E-state index is 4.63. The average molecular weight is 252 g/mol. The summed E-state index contributed by atoms with van der Waals surface area (Å²) in [5, 5.41) is 11.5. The van der Waals surface area contributed by atoms with E-state index in [4.69, 9.17) is 0 Å². The van der Waals surface area contributed by atoms with Gasteiger partial charge in [-0.25, -0.2) is 0 Å². The van der Waals surface area contributed by atoms with Crippen molar-refractivity contribution < 1.29 is 0 Å². The predicted molar refractivity (Wildman–Crippen MR) is 75.6 cm³/mol. The van der Waals surface area contributed by atoms with Crippen molar-refractivity contribution in [1.82, 2.24) is 20.5 Å². The third-order valence-corrected chi connectivity index (χ3v) is 3.21. The van der Waals surface area contributed by atoms with Gasteiger partial charge in [-0.2, -0.15) is 5.10 Å². The topological polar surface area (TPSA) is 53.6 Å². The van der Waals surface area contributed by atoms with Crippen LogP contribution >= 0.6 is 0 Å². The fourth-order valence-corrected chi connectivity index (χ4v) is 2.09. The molecule has 0 saturated heterocycles. The molecule has 0 aliphatic carbocycles. The number of H-pyrrole nitrogens is 1. The second-order valence-corrected chi connectivity index (χ2v) is 4.62. The number of pyridine rings is 1. The predicted octanol–water partition coefficient (Wildman–Crippen LogP) is 2.56. The minimum Gasteiger partial charge on any atom is -0.307 e. The zero-order chi connectivity index (χ0) is 13.1. The lowest BCUT2D eigenvalue weighted by Crippen LogP contribution is -2.13. The third kappa shape index (κ3) is 2.63. The Bertz CT molecular complexity index is 687. The minimum absolute atomic E-state index is 0.759. The van der Waals surface area contributed by atoms with Gasteiger partial charge in [-0.1, -0.05) is 24.3 Å². The van der Waals surface area contributed by atoms with Gasteiger partial charge in [0.15, 0.2) is 0 Å². The largest absolute Gasteiger partial charge is 0.307 e. The Balaban J connectivity index is 1.67.